The molecule has 3 N–H and O–H groups in total. The monoisotopic (exact) mass is 543 g/mol. The topological polar surface area (TPSA) is 130 Å². The van der Waals surface area contributed by atoms with E-state index in [4.69, 9.17) is 10.5 Å². The number of nitrogens with two attached hydrogens (primary N) is 1. The van der Waals surface area contributed by atoms with Crippen LogP contribution < -0.4 is 21.3 Å². The molecule has 5 aromatic rings. The molecule has 12 heteroatoms. The summed E-state index contributed by atoms with van der Waals surface area (Å²) < 4.78 is 36.9. The van der Waals surface area contributed by atoms with E-state index in [1.165, 1.54) is 54.9 Å². The van der Waals surface area contributed by atoms with Crippen LogP contribution in [0.4, 0.5) is 20.3 Å². The van der Waals surface area contributed by atoms with Gasteiger partial charge in [0.1, 0.15) is 22.9 Å². The van der Waals surface area contributed by atoms with Crippen LogP contribution >= 0.6 is 0 Å². The van der Waals surface area contributed by atoms with E-state index in [-0.39, 0.29) is 34.3 Å². The Kier molecular flexibility index (Phi) is 7.31. The van der Waals surface area contributed by atoms with E-state index in [1.54, 1.807) is 16.9 Å². The molecule has 0 atom stereocenters. The quantitative estimate of drug-likeness (QED) is 0.287. The van der Waals surface area contributed by atoms with E-state index >= 15 is 4.39 Å². The van der Waals surface area contributed by atoms with Crippen molar-refractivity contribution in [2.75, 3.05) is 11.1 Å². The van der Waals surface area contributed by atoms with Crippen molar-refractivity contribution in [3.8, 4) is 28.3 Å². The second kappa shape index (κ2) is 11.2. The lowest BCUT2D eigenvalue weighted by atomic mass is 10.1. The van der Waals surface area contributed by atoms with Gasteiger partial charge in [0.15, 0.2) is 11.6 Å². The average Bonchev–Trinajstić information content (AvgIpc) is 3.39. The van der Waals surface area contributed by atoms with Crippen LogP contribution in [0.5, 0.6) is 11.5 Å². The van der Waals surface area contributed by atoms with Crippen molar-refractivity contribution in [1.29, 1.82) is 0 Å². The maximum atomic E-state index is 15.1. The zero-order chi connectivity index (χ0) is 28.2. The van der Waals surface area contributed by atoms with Crippen LogP contribution in [-0.2, 0) is 6.54 Å². The maximum Gasteiger partial charge on any atom is 0.284 e. The number of anilines is 2. The van der Waals surface area contributed by atoms with Crippen LogP contribution in [0.25, 0.3) is 16.8 Å². The van der Waals surface area contributed by atoms with Gasteiger partial charge in [-0.25, -0.2) is 13.8 Å². The zero-order valence-electron chi connectivity index (χ0n) is 21.2. The molecule has 1 amide bonds. The lowest BCUT2D eigenvalue weighted by molar-refractivity contribution is 0.102. The Labute approximate surface area is 226 Å². The standard InChI is InChI=1S/C28H23F2N7O3/c1-2-13-36-16-17(15-34-36)25-24(10-11-32-26(25)31)40-23-8-5-19(14-22(23)30)35-27(38)21-9-12-33-37(28(21)39)20-6-3-18(29)4-7-20/h3-12,14-16H,2,13H2,1H3,(H2,31,32)(H,35,38). The minimum Gasteiger partial charge on any atom is -0.453 e. The molecule has 0 saturated heterocycles. The van der Waals surface area contributed by atoms with Crippen molar-refractivity contribution in [2.45, 2.75) is 19.9 Å². The summed E-state index contributed by atoms with van der Waals surface area (Å²) in [5.41, 5.74) is 6.66. The molecule has 0 unspecified atom stereocenters. The lowest BCUT2D eigenvalue weighted by Gasteiger charge is -2.13. The summed E-state index contributed by atoms with van der Waals surface area (Å²) in [5.74, 6) is -1.66. The number of nitrogens with one attached hydrogen (secondary N) is 1. The number of benzene rings is 2. The Bertz CT molecular complexity index is 1750. The highest BCUT2D eigenvalue weighted by Gasteiger charge is 2.18. The minimum absolute atomic E-state index is 0.0923. The summed E-state index contributed by atoms with van der Waals surface area (Å²) in [6.07, 6.45) is 7.05. The van der Waals surface area contributed by atoms with Crippen molar-refractivity contribution in [3.63, 3.8) is 0 Å². The number of nitrogens with zero attached hydrogens (tertiary/aromatic N) is 5. The van der Waals surface area contributed by atoms with E-state index in [9.17, 15) is 14.0 Å². The van der Waals surface area contributed by atoms with Crippen LogP contribution in [0.3, 0.4) is 0 Å². The van der Waals surface area contributed by atoms with Gasteiger partial charge in [0.05, 0.1) is 17.4 Å². The predicted octanol–water partition coefficient (Wildman–Crippen LogP) is 4.81. The number of hydrogen-bond acceptors (Lipinski definition) is 7. The molecule has 0 bridgehead atoms. The van der Waals surface area contributed by atoms with Crippen molar-refractivity contribution >= 4 is 17.4 Å². The average molecular weight is 544 g/mol. The summed E-state index contributed by atoms with van der Waals surface area (Å²) in [4.78, 5) is 29.8. The van der Waals surface area contributed by atoms with E-state index < -0.39 is 23.1 Å². The molecule has 10 nitrogen and oxygen atoms in total. The highest BCUT2D eigenvalue weighted by molar-refractivity contribution is 6.04. The molecule has 0 radical (unpaired) electrons. The summed E-state index contributed by atoms with van der Waals surface area (Å²) in [7, 11) is 0. The number of ether oxygens (including phenoxy) is 1. The van der Waals surface area contributed by atoms with Gasteiger partial charge in [-0.3, -0.25) is 14.3 Å². The largest absolute Gasteiger partial charge is 0.453 e. The van der Waals surface area contributed by atoms with Crippen LogP contribution in [0, 0.1) is 11.6 Å². The summed E-state index contributed by atoms with van der Waals surface area (Å²) in [5, 5.41) is 10.8. The molecule has 0 spiro atoms. The molecular formula is C28H23F2N7O3. The number of carbonyl (C=O) groups is 1. The predicted molar refractivity (Wildman–Crippen MR) is 144 cm³/mol. The van der Waals surface area contributed by atoms with E-state index in [0.717, 1.165) is 23.7 Å². The van der Waals surface area contributed by atoms with Gasteiger partial charge in [0.2, 0.25) is 0 Å². The van der Waals surface area contributed by atoms with Gasteiger partial charge >= 0.3 is 0 Å². The molecule has 5 rings (SSSR count). The van der Waals surface area contributed by atoms with Crippen LogP contribution in [-0.4, -0.2) is 30.5 Å². The van der Waals surface area contributed by atoms with Crippen LogP contribution in [0.2, 0.25) is 0 Å². The molecule has 3 aromatic heterocycles. The van der Waals surface area contributed by atoms with Gasteiger partial charge in [-0.2, -0.15) is 14.9 Å². The number of rotatable bonds is 8. The van der Waals surface area contributed by atoms with Gasteiger partial charge < -0.3 is 15.8 Å². The van der Waals surface area contributed by atoms with E-state index in [2.05, 4.69) is 20.5 Å². The number of pyridine rings is 1. The molecule has 0 aliphatic heterocycles. The Hall–Kier alpha value is -5.39. The number of nitrogen functional groups attached to an aromatic ring is 1. The van der Waals surface area contributed by atoms with Crippen molar-refractivity contribution in [3.05, 3.63) is 107 Å². The first-order valence-electron chi connectivity index (χ1n) is 12.2. The third kappa shape index (κ3) is 5.41. The Morgan fingerprint density at radius 2 is 1.82 bits per heavy atom. The zero-order valence-corrected chi connectivity index (χ0v) is 21.2. The number of aryl methyl sites for hydroxylation is 1. The van der Waals surface area contributed by atoms with Crippen molar-refractivity contribution in [2.24, 2.45) is 0 Å². The van der Waals surface area contributed by atoms with Gasteiger partial charge in [-0.05, 0) is 55.0 Å². The smallest absolute Gasteiger partial charge is 0.284 e. The number of halogens is 2. The third-order valence-electron chi connectivity index (χ3n) is 5.89. The lowest BCUT2D eigenvalue weighted by Crippen LogP contribution is -2.29. The summed E-state index contributed by atoms with van der Waals surface area (Å²) >= 11 is 0. The van der Waals surface area contributed by atoms with E-state index in [0.29, 0.717) is 11.1 Å². The maximum absolute atomic E-state index is 15.1. The number of amides is 1. The molecule has 0 saturated carbocycles. The molecule has 0 fully saturated rings. The molecule has 2 aromatic carbocycles. The van der Waals surface area contributed by atoms with Crippen LogP contribution in [0.1, 0.15) is 23.7 Å². The first-order valence-corrected chi connectivity index (χ1v) is 12.2. The van der Waals surface area contributed by atoms with Gasteiger partial charge in [-0.15, -0.1) is 0 Å². The fourth-order valence-electron chi connectivity index (χ4n) is 4.01. The van der Waals surface area contributed by atoms with Gasteiger partial charge in [-0.1, -0.05) is 6.92 Å². The molecule has 202 valence electrons. The highest BCUT2D eigenvalue weighted by Crippen LogP contribution is 2.37. The molecule has 0 aliphatic carbocycles. The highest BCUT2D eigenvalue weighted by atomic mass is 19.1. The van der Waals surface area contributed by atoms with E-state index in [1.807, 2.05) is 13.1 Å². The fraction of sp³-hybridized carbons (Fsp3) is 0.107. The Morgan fingerprint density at radius 1 is 1.02 bits per heavy atom. The SMILES string of the molecule is CCCn1cc(-c2c(Oc3ccc(NC(=O)c4ccnn(-c5ccc(F)cc5)c4=O)cc3F)ccnc2N)cn1. The first-order chi connectivity index (χ1) is 19.3. The van der Waals surface area contributed by atoms with Gasteiger partial charge in [0, 0.05) is 42.5 Å². The molecule has 3 heterocycles. The Morgan fingerprint density at radius 3 is 2.58 bits per heavy atom. The van der Waals surface area contributed by atoms with Crippen molar-refractivity contribution in [1.82, 2.24) is 24.5 Å². The normalized spacial score (nSPS) is 10.9. The van der Waals surface area contributed by atoms with Crippen LogP contribution in [0.15, 0.2) is 84.2 Å². The molecular weight excluding hydrogens is 520 g/mol. The number of aromatic nitrogens is 5. The number of hydrogen-bond donors (Lipinski definition) is 2. The molecule has 0 aliphatic rings. The number of carbonyl (C=O) groups excluding carboxylic acids is 1. The second-order valence-corrected chi connectivity index (χ2v) is 8.70. The molecule has 40 heavy (non-hydrogen) atoms. The Balaban J connectivity index is 1.36. The van der Waals surface area contributed by atoms with Crippen molar-refractivity contribution < 1.29 is 18.3 Å². The summed E-state index contributed by atoms with van der Waals surface area (Å²) in [6.45, 7) is 2.75. The van der Waals surface area contributed by atoms with Gasteiger partial charge in [0.25, 0.3) is 11.5 Å². The fourth-order valence-corrected chi connectivity index (χ4v) is 4.01. The second-order valence-electron chi connectivity index (χ2n) is 8.70. The third-order valence-corrected chi connectivity index (χ3v) is 5.89. The first kappa shape index (κ1) is 26.2. The minimum atomic E-state index is -0.774. The summed E-state index contributed by atoms with van der Waals surface area (Å²) in [6, 6.07) is 11.7.